The molecule has 3 heterocycles. The second kappa shape index (κ2) is 9.10. The first-order valence-electron chi connectivity index (χ1n) is 8.45. The molecule has 1 atom stereocenters. The van der Waals surface area contributed by atoms with Gasteiger partial charge in [-0.15, -0.1) is 29.9 Å². The molecule has 1 aromatic heterocycles. The van der Waals surface area contributed by atoms with Crippen LogP contribution in [-0.2, 0) is 24.4 Å². The van der Waals surface area contributed by atoms with E-state index in [-0.39, 0.29) is 36.7 Å². The number of benzene rings is 1. The van der Waals surface area contributed by atoms with Gasteiger partial charge in [0.25, 0.3) is 0 Å². The van der Waals surface area contributed by atoms with E-state index in [4.69, 9.17) is 10.5 Å². The summed E-state index contributed by atoms with van der Waals surface area (Å²) in [5.74, 6) is -0.237. The summed E-state index contributed by atoms with van der Waals surface area (Å²) in [6, 6.07) is 6.78. The van der Waals surface area contributed by atoms with Gasteiger partial charge in [0.05, 0.1) is 18.8 Å². The van der Waals surface area contributed by atoms with E-state index in [2.05, 4.69) is 15.2 Å². The van der Waals surface area contributed by atoms with Crippen molar-refractivity contribution in [1.29, 1.82) is 0 Å². The Kier molecular flexibility index (Phi) is 7.37. The molecule has 1 unspecified atom stereocenters. The number of halogens is 3. The number of hydrogen-bond acceptors (Lipinski definition) is 5. The summed E-state index contributed by atoms with van der Waals surface area (Å²) in [7, 11) is 0. The van der Waals surface area contributed by atoms with Crippen molar-refractivity contribution in [1.82, 2.24) is 19.9 Å². The van der Waals surface area contributed by atoms with Crippen molar-refractivity contribution in [2.24, 2.45) is 5.73 Å². The number of rotatable bonds is 3. The van der Waals surface area contributed by atoms with Crippen LogP contribution < -0.4 is 5.73 Å². The lowest BCUT2D eigenvalue weighted by molar-refractivity contribution is -0.00218. The third kappa shape index (κ3) is 4.53. The van der Waals surface area contributed by atoms with Crippen molar-refractivity contribution < 1.29 is 9.13 Å². The summed E-state index contributed by atoms with van der Waals surface area (Å²) < 4.78 is 21.0. The van der Waals surface area contributed by atoms with E-state index in [1.54, 1.807) is 12.1 Å². The molecule has 2 aliphatic rings. The smallest absolute Gasteiger partial charge is 0.123 e. The van der Waals surface area contributed by atoms with Gasteiger partial charge in [-0.3, -0.25) is 4.90 Å². The van der Waals surface area contributed by atoms with Crippen molar-refractivity contribution in [2.75, 3.05) is 13.1 Å². The minimum Gasteiger partial charge on any atom is -0.365 e. The highest BCUT2D eigenvalue weighted by atomic mass is 35.5. The van der Waals surface area contributed by atoms with Gasteiger partial charge in [-0.1, -0.05) is 17.3 Å². The average molecular weight is 404 g/mol. The van der Waals surface area contributed by atoms with Gasteiger partial charge in [0, 0.05) is 25.7 Å². The predicted molar refractivity (Wildman–Crippen MR) is 101 cm³/mol. The first kappa shape index (κ1) is 21.1. The molecular formula is C17H24Cl2FN5O. The van der Waals surface area contributed by atoms with Gasteiger partial charge >= 0.3 is 0 Å². The highest BCUT2D eigenvalue weighted by Crippen LogP contribution is 2.27. The number of fused-ring (bicyclic) bond motifs is 1. The number of ether oxygens (including phenoxy) is 1. The number of likely N-dealkylation sites (tertiary alicyclic amines) is 1. The van der Waals surface area contributed by atoms with Crippen LogP contribution in [0, 0.1) is 5.82 Å². The molecule has 26 heavy (non-hydrogen) atoms. The van der Waals surface area contributed by atoms with Crippen LogP contribution in [0.3, 0.4) is 0 Å². The topological polar surface area (TPSA) is 69.2 Å². The first-order chi connectivity index (χ1) is 11.7. The fraction of sp³-hybridized carbons (Fsp3) is 0.529. The van der Waals surface area contributed by atoms with Crippen LogP contribution in [0.4, 0.5) is 4.39 Å². The summed E-state index contributed by atoms with van der Waals surface area (Å²) >= 11 is 0. The molecule has 0 amide bonds. The second-order valence-electron chi connectivity index (χ2n) is 6.63. The van der Waals surface area contributed by atoms with Crippen LogP contribution in [0.1, 0.15) is 35.9 Å². The SMILES string of the molecule is Cl.Cl.NC1CCN(Cc2nnn3c2COC(c2ccc(F)cc2)C3)CC1. The van der Waals surface area contributed by atoms with Crippen molar-refractivity contribution >= 4 is 24.8 Å². The maximum atomic E-state index is 13.1. The number of piperidine rings is 1. The van der Waals surface area contributed by atoms with Gasteiger partial charge in [-0.05, 0) is 30.5 Å². The lowest BCUT2D eigenvalue weighted by Crippen LogP contribution is -2.39. The van der Waals surface area contributed by atoms with Crippen LogP contribution in [0.15, 0.2) is 24.3 Å². The van der Waals surface area contributed by atoms with Gasteiger partial charge in [-0.2, -0.15) is 0 Å². The van der Waals surface area contributed by atoms with Crippen LogP contribution in [-0.4, -0.2) is 39.0 Å². The Hall–Kier alpha value is -1.25. The average Bonchev–Trinajstić information content (AvgIpc) is 3.00. The molecule has 2 aromatic rings. The highest BCUT2D eigenvalue weighted by molar-refractivity contribution is 5.85. The molecule has 0 aliphatic carbocycles. The third-order valence-corrected chi connectivity index (χ3v) is 4.93. The summed E-state index contributed by atoms with van der Waals surface area (Å²) in [4.78, 5) is 2.38. The largest absolute Gasteiger partial charge is 0.365 e. The Morgan fingerprint density at radius 3 is 2.54 bits per heavy atom. The van der Waals surface area contributed by atoms with Crippen LogP contribution >= 0.6 is 24.8 Å². The lowest BCUT2D eigenvalue weighted by Gasteiger charge is -2.30. The fourth-order valence-corrected chi connectivity index (χ4v) is 3.39. The second-order valence-corrected chi connectivity index (χ2v) is 6.63. The molecule has 0 bridgehead atoms. The zero-order valence-electron chi connectivity index (χ0n) is 14.4. The molecule has 1 aromatic carbocycles. The molecule has 2 N–H and O–H groups in total. The van der Waals surface area contributed by atoms with Gasteiger partial charge < -0.3 is 10.5 Å². The molecule has 6 nitrogen and oxygen atoms in total. The van der Waals surface area contributed by atoms with Crippen molar-refractivity contribution in [3.63, 3.8) is 0 Å². The molecular weight excluding hydrogens is 380 g/mol. The molecule has 4 rings (SSSR count). The van der Waals surface area contributed by atoms with E-state index in [1.807, 2.05) is 4.68 Å². The Balaban J connectivity index is 0.00000121. The Morgan fingerprint density at radius 2 is 1.85 bits per heavy atom. The van der Waals surface area contributed by atoms with E-state index in [9.17, 15) is 4.39 Å². The predicted octanol–water partition coefficient (Wildman–Crippen LogP) is 2.46. The molecule has 1 saturated heterocycles. The van der Waals surface area contributed by atoms with Gasteiger partial charge in [-0.25, -0.2) is 9.07 Å². The molecule has 0 spiro atoms. The van der Waals surface area contributed by atoms with Gasteiger partial charge in [0.15, 0.2) is 0 Å². The summed E-state index contributed by atoms with van der Waals surface area (Å²) in [6.07, 6.45) is 1.96. The quantitative estimate of drug-likeness (QED) is 0.851. The number of aromatic nitrogens is 3. The minimum absolute atomic E-state index is 0. The zero-order chi connectivity index (χ0) is 16.5. The first-order valence-corrected chi connectivity index (χ1v) is 8.45. The maximum Gasteiger partial charge on any atom is 0.123 e. The van der Waals surface area contributed by atoms with Gasteiger partial charge in [0.1, 0.15) is 17.6 Å². The van der Waals surface area contributed by atoms with Crippen molar-refractivity contribution in [2.45, 2.75) is 44.7 Å². The van der Waals surface area contributed by atoms with Crippen LogP contribution in [0.25, 0.3) is 0 Å². The molecule has 1 fully saturated rings. The van der Waals surface area contributed by atoms with Crippen LogP contribution in [0.5, 0.6) is 0 Å². The Labute approximate surface area is 164 Å². The van der Waals surface area contributed by atoms with Crippen molar-refractivity contribution in [3.05, 3.63) is 47.0 Å². The van der Waals surface area contributed by atoms with E-state index in [1.165, 1.54) is 12.1 Å². The number of nitrogens with two attached hydrogens (primary N) is 1. The van der Waals surface area contributed by atoms with E-state index >= 15 is 0 Å². The van der Waals surface area contributed by atoms with Gasteiger partial charge in [0.2, 0.25) is 0 Å². The molecule has 2 aliphatic heterocycles. The molecule has 0 radical (unpaired) electrons. The van der Waals surface area contributed by atoms with E-state index in [0.29, 0.717) is 19.2 Å². The molecule has 0 saturated carbocycles. The summed E-state index contributed by atoms with van der Waals surface area (Å²) in [5, 5.41) is 8.64. The molecule has 144 valence electrons. The fourth-order valence-electron chi connectivity index (χ4n) is 3.39. The maximum absolute atomic E-state index is 13.1. The Bertz CT molecular complexity index is 704. The zero-order valence-corrected chi connectivity index (χ0v) is 16.0. The Morgan fingerprint density at radius 1 is 1.15 bits per heavy atom. The lowest BCUT2D eigenvalue weighted by atomic mass is 10.1. The summed E-state index contributed by atoms with van der Waals surface area (Å²) in [5.41, 5.74) is 8.95. The monoisotopic (exact) mass is 403 g/mol. The standard InChI is InChI=1S/C17H22FN5O.2ClH/c18-13-3-1-12(2-4-13)17-10-23-16(11-24-17)15(20-21-23)9-22-7-5-14(19)6-8-22;;/h1-4,14,17H,5-11,19H2;2*1H. The number of nitrogens with zero attached hydrogens (tertiary/aromatic N) is 4. The highest BCUT2D eigenvalue weighted by Gasteiger charge is 2.26. The summed E-state index contributed by atoms with van der Waals surface area (Å²) in [6.45, 7) is 3.91. The minimum atomic E-state index is -0.237. The van der Waals surface area contributed by atoms with Crippen molar-refractivity contribution in [3.8, 4) is 0 Å². The van der Waals surface area contributed by atoms with Crippen LogP contribution in [0.2, 0.25) is 0 Å². The number of hydrogen-bond donors (Lipinski definition) is 1. The molecule has 9 heteroatoms. The van der Waals surface area contributed by atoms with E-state index < -0.39 is 0 Å². The van der Waals surface area contributed by atoms with E-state index in [0.717, 1.165) is 49.4 Å². The third-order valence-electron chi connectivity index (χ3n) is 4.93. The normalized spacial score (nSPS) is 20.8.